The van der Waals surface area contributed by atoms with Crippen LogP contribution in [-0.2, 0) is 21.4 Å². The summed E-state index contributed by atoms with van der Waals surface area (Å²) in [6.45, 7) is 0. The summed E-state index contributed by atoms with van der Waals surface area (Å²) in [5.74, 6) is 0. The Kier molecular flexibility index (Phi) is 4.11. The largest absolute Gasteiger partial charge is 0.476 e. The van der Waals surface area contributed by atoms with Gasteiger partial charge >= 0.3 is 0 Å². The number of benzene rings is 1. The monoisotopic (exact) mass is 383 g/mol. The molecule has 5 rings (SSSR count). The van der Waals surface area contributed by atoms with E-state index < -0.39 is 10.9 Å². The van der Waals surface area contributed by atoms with Gasteiger partial charge in [-0.25, -0.2) is 4.99 Å². The predicted octanol–water partition coefficient (Wildman–Crippen LogP) is 2.41. The lowest BCUT2D eigenvalue weighted by Gasteiger charge is -2.52. The maximum atomic E-state index is 6.60. The minimum Gasteiger partial charge on any atom is -0.476 e. The van der Waals surface area contributed by atoms with Crippen LogP contribution < -0.4 is 5.73 Å². The van der Waals surface area contributed by atoms with Gasteiger partial charge in [-0.2, -0.15) is 0 Å². The van der Waals surface area contributed by atoms with Gasteiger partial charge in [0, 0.05) is 24.9 Å². The number of nitrogens with zero attached hydrogens (tertiary/aromatic N) is 2. The Balaban J connectivity index is 1.69. The van der Waals surface area contributed by atoms with Crippen LogP contribution in [0.3, 0.4) is 0 Å². The molecule has 1 saturated carbocycles. The van der Waals surface area contributed by atoms with Crippen molar-refractivity contribution in [3.05, 3.63) is 53.9 Å². The van der Waals surface area contributed by atoms with Crippen LogP contribution in [0.15, 0.2) is 47.7 Å². The molecule has 1 atom stereocenters. The van der Waals surface area contributed by atoms with Gasteiger partial charge < -0.3 is 15.2 Å². The van der Waals surface area contributed by atoms with Crippen molar-refractivity contribution in [2.75, 3.05) is 7.11 Å². The molecule has 4 radical (unpaired) electrons. The topological polar surface area (TPSA) is 69.7 Å². The molecule has 5 nitrogen and oxygen atoms in total. The van der Waals surface area contributed by atoms with Crippen LogP contribution in [0.1, 0.15) is 36.8 Å². The molecule has 1 aliphatic heterocycles. The molecule has 0 bridgehead atoms. The lowest BCUT2D eigenvalue weighted by Crippen LogP contribution is -2.59. The van der Waals surface area contributed by atoms with E-state index in [1.807, 2.05) is 18.3 Å². The SMILES string of the molecule is [B]C1([B])OC(N)=N[C@]12c1cc(-c3cccnc3)ccc1CC21CCC(OC)CC1. The minimum atomic E-state index is -1.50. The number of amidine groups is 1. The van der Waals surface area contributed by atoms with Crippen LogP contribution in [0, 0.1) is 5.41 Å². The summed E-state index contributed by atoms with van der Waals surface area (Å²) in [6, 6.07) is 10.5. The summed E-state index contributed by atoms with van der Waals surface area (Å²) in [5, 5.41) is -1.50. The van der Waals surface area contributed by atoms with E-state index in [1.54, 1.807) is 13.3 Å². The lowest BCUT2D eigenvalue weighted by molar-refractivity contribution is -0.0256. The van der Waals surface area contributed by atoms with E-state index in [9.17, 15) is 0 Å². The zero-order valence-electron chi connectivity index (χ0n) is 16.6. The standard InChI is InChI=1S/C22H23B2N3O2/c1-28-17-6-8-20(9-7-17)12-15-5-4-14(16-3-2-10-26-13-16)11-18(15)21(20)22(23,24)29-19(25)27-21/h2-5,10-11,13,17H,6-9,12H2,1H3,(H2,25,27)/t17?,20?,21-/m0/s1. The van der Waals surface area contributed by atoms with Crippen LogP contribution in [-0.4, -0.2) is 45.3 Å². The van der Waals surface area contributed by atoms with Gasteiger partial charge in [0.05, 0.1) is 11.5 Å². The maximum absolute atomic E-state index is 6.60. The van der Waals surface area contributed by atoms with Crippen LogP contribution in [0.2, 0.25) is 0 Å². The summed E-state index contributed by atoms with van der Waals surface area (Å²) in [5.41, 5.74) is 9.18. The van der Waals surface area contributed by atoms with Crippen molar-refractivity contribution in [1.82, 2.24) is 4.98 Å². The van der Waals surface area contributed by atoms with Gasteiger partial charge in [-0.1, -0.05) is 18.2 Å². The van der Waals surface area contributed by atoms with Gasteiger partial charge in [0.1, 0.15) is 21.2 Å². The average Bonchev–Trinajstić information content (AvgIpc) is 3.13. The van der Waals surface area contributed by atoms with Gasteiger partial charge in [-0.3, -0.25) is 4.98 Å². The lowest BCUT2D eigenvalue weighted by atomic mass is 9.45. The summed E-state index contributed by atoms with van der Waals surface area (Å²) in [4.78, 5) is 9.09. The van der Waals surface area contributed by atoms with E-state index in [0.717, 1.165) is 48.8 Å². The van der Waals surface area contributed by atoms with E-state index in [-0.39, 0.29) is 17.5 Å². The quantitative estimate of drug-likeness (QED) is 0.809. The first kappa shape index (κ1) is 18.7. The number of methoxy groups -OCH3 is 1. The van der Waals surface area contributed by atoms with Gasteiger partial charge in [-0.05, 0) is 66.5 Å². The zero-order valence-corrected chi connectivity index (χ0v) is 16.6. The summed E-state index contributed by atoms with van der Waals surface area (Å²) in [6.07, 6.45) is 8.40. The molecule has 2 aromatic rings. The first-order chi connectivity index (χ1) is 13.9. The van der Waals surface area contributed by atoms with Gasteiger partial charge in [-0.15, -0.1) is 0 Å². The number of fused-ring (bicyclic) bond motifs is 3. The molecule has 2 spiro atoms. The van der Waals surface area contributed by atoms with Gasteiger partial charge in [0.25, 0.3) is 6.02 Å². The molecule has 1 aromatic heterocycles. The Morgan fingerprint density at radius 3 is 2.59 bits per heavy atom. The van der Waals surface area contributed by atoms with Crippen LogP contribution >= 0.6 is 0 Å². The van der Waals surface area contributed by atoms with Crippen LogP contribution in [0.4, 0.5) is 0 Å². The predicted molar refractivity (Wildman–Crippen MR) is 114 cm³/mol. The smallest absolute Gasteiger partial charge is 0.281 e. The fourth-order valence-electron chi connectivity index (χ4n) is 5.80. The van der Waals surface area contributed by atoms with Gasteiger partial charge in [0.15, 0.2) is 0 Å². The third kappa shape index (κ3) is 2.53. The van der Waals surface area contributed by atoms with Crippen LogP contribution in [0.25, 0.3) is 11.1 Å². The van der Waals surface area contributed by atoms with Crippen molar-refractivity contribution in [2.45, 2.75) is 49.1 Å². The number of hydrogen-bond acceptors (Lipinski definition) is 5. The van der Waals surface area contributed by atoms with E-state index in [4.69, 9.17) is 35.9 Å². The zero-order chi connectivity index (χ0) is 20.3. The Hall–Kier alpha value is -2.27. The molecule has 2 aliphatic carbocycles. The highest BCUT2D eigenvalue weighted by Crippen LogP contribution is 2.65. The Morgan fingerprint density at radius 2 is 1.97 bits per heavy atom. The molecule has 7 heteroatoms. The van der Waals surface area contributed by atoms with Crippen molar-refractivity contribution in [2.24, 2.45) is 16.1 Å². The van der Waals surface area contributed by atoms with E-state index >= 15 is 0 Å². The van der Waals surface area contributed by atoms with Crippen molar-refractivity contribution >= 4 is 21.7 Å². The first-order valence-corrected chi connectivity index (χ1v) is 10.1. The fraction of sp³-hybridized carbons (Fsp3) is 0.455. The molecule has 0 unspecified atom stereocenters. The number of nitrogens with two attached hydrogens (primary N) is 1. The first-order valence-electron chi connectivity index (χ1n) is 10.1. The highest BCUT2D eigenvalue weighted by Gasteiger charge is 2.67. The number of pyridine rings is 1. The molecular formula is C22H23B2N3O2. The van der Waals surface area contributed by atoms with Crippen molar-refractivity contribution < 1.29 is 9.47 Å². The average molecular weight is 383 g/mol. The second kappa shape index (κ2) is 6.36. The molecule has 29 heavy (non-hydrogen) atoms. The Labute approximate surface area is 173 Å². The molecule has 1 fully saturated rings. The van der Waals surface area contributed by atoms with E-state index in [0.29, 0.717) is 0 Å². The van der Waals surface area contributed by atoms with Crippen LogP contribution in [0.5, 0.6) is 0 Å². The fourth-order valence-corrected chi connectivity index (χ4v) is 5.80. The second-order valence-electron chi connectivity index (χ2n) is 8.56. The van der Waals surface area contributed by atoms with E-state index in [1.165, 1.54) is 5.56 Å². The van der Waals surface area contributed by atoms with Gasteiger partial charge in [0.2, 0.25) is 0 Å². The molecule has 3 aliphatic rings. The maximum Gasteiger partial charge on any atom is 0.281 e. The molecule has 144 valence electrons. The van der Waals surface area contributed by atoms with Crippen molar-refractivity contribution in [3.8, 4) is 11.1 Å². The summed E-state index contributed by atoms with van der Waals surface area (Å²) < 4.78 is 11.3. The summed E-state index contributed by atoms with van der Waals surface area (Å²) in [7, 11) is 15.0. The molecular weight excluding hydrogens is 360 g/mol. The molecule has 1 aromatic carbocycles. The Bertz CT molecular complexity index is 971. The van der Waals surface area contributed by atoms with E-state index in [2.05, 4.69) is 23.2 Å². The molecule has 0 amide bonds. The highest BCUT2D eigenvalue weighted by molar-refractivity contribution is 6.41. The number of hydrogen-bond donors (Lipinski definition) is 1. The third-order valence-electron chi connectivity index (χ3n) is 7.13. The number of aromatic nitrogens is 1. The normalized spacial score (nSPS) is 32.2. The second-order valence-corrected chi connectivity index (χ2v) is 8.56. The number of aliphatic imine (C=N–C) groups is 1. The molecule has 0 saturated heterocycles. The molecule has 2 heterocycles. The number of ether oxygens (including phenoxy) is 2. The van der Waals surface area contributed by atoms with Crippen molar-refractivity contribution in [1.29, 1.82) is 0 Å². The molecule has 2 N–H and O–H groups in total. The minimum absolute atomic E-state index is 0.0582. The highest BCUT2D eigenvalue weighted by atomic mass is 16.5. The summed E-state index contributed by atoms with van der Waals surface area (Å²) >= 11 is 0. The number of rotatable bonds is 2. The third-order valence-corrected chi connectivity index (χ3v) is 7.13. The Morgan fingerprint density at radius 1 is 1.17 bits per heavy atom. The van der Waals surface area contributed by atoms with Crippen molar-refractivity contribution in [3.63, 3.8) is 0 Å².